The Bertz CT molecular complexity index is 2420. The van der Waals surface area contributed by atoms with Gasteiger partial charge in [0.2, 0.25) is 11.8 Å². The van der Waals surface area contributed by atoms with Gasteiger partial charge in [0, 0.05) is 38.1 Å². The number of nitrogens with zero attached hydrogens (tertiary/aromatic N) is 9. The standard InChI is InChI=1S/C38H42N12O5.C2HF3O2/c1-2-50-46-34(45-47-50)32-30(52)31(53)36(55-32)49-22-41-29-33(39-20-28(24-11-5-3-6-12-24)25-13-7-4-8-14-25)43-37(44-35(29)49)48-17-16-26(21-48)42-38(54)40-19-23-10-9-15-27(51)18-23;3-2(4,5)1(6)7/h3-15,18,22,26,28,30-32,36,51-53H,2,16-17,19-21H2,1H3,(H,39,43,44)(H2,40,42,54);(H,6,7)/t26-,30+,31-,32+,36-;/m1./s1. The number of carbonyl (C=O) groups is 2. The molecule has 0 radical (unpaired) electrons. The number of aryl methyl sites for hydroxylation is 1. The van der Waals surface area contributed by atoms with E-state index in [0.29, 0.717) is 55.5 Å². The number of tetrazole rings is 1. The normalized spacial score (nSPS) is 19.9. The summed E-state index contributed by atoms with van der Waals surface area (Å²) in [5.74, 6) is -1.60. The number of phenols is 1. The van der Waals surface area contributed by atoms with E-state index < -0.39 is 36.7 Å². The average molecular weight is 861 g/mol. The number of carboxylic acid groups (broad SMARTS) is 1. The summed E-state index contributed by atoms with van der Waals surface area (Å²) >= 11 is 0. The lowest BCUT2D eigenvalue weighted by Gasteiger charge is -2.22. The van der Waals surface area contributed by atoms with Gasteiger partial charge < -0.3 is 46.0 Å². The van der Waals surface area contributed by atoms with Crippen molar-refractivity contribution < 1.29 is 47.9 Å². The van der Waals surface area contributed by atoms with Crippen LogP contribution in [0.4, 0.5) is 29.7 Å². The molecule has 0 bridgehead atoms. The number of imidazole rings is 1. The summed E-state index contributed by atoms with van der Waals surface area (Å²) in [6.45, 7) is 4.10. The Morgan fingerprint density at radius 2 is 1.66 bits per heavy atom. The number of hydrogen-bond acceptors (Lipinski definition) is 14. The minimum atomic E-state index is -5.08. The second-order valence-corrected chi connectivity index (χ2v) is 14.4. The van der Waals surface area contributed by atoms with Crippen molar-refractivity contribution in [3.05, 3.63) is 114 Å². The Morgan fingerprint density at radius 1 is 0.968 bits per heavy atom. The van der Waals surface area contributed by atoms with Crippen molar-refractivity contribution in [2.24, 2.45) is 0 Å². The zero-order chi connectivity index (χ0) is 44.0. The summed E-state index contributed by atoms with van der Waals surface area (Å²) in [6.07, 6.45) is -7.71. The average Bonchev–Trinajstić information content (AvgIpc) is 4.08. The molecule has 0 saturated carbocycles. The topological polar surface area (TPSA) is 251 Å². The maximum absolute atomic E-state index is 12.8. The summed E-state index contributed by atoms with van der Waals surface area (Å²) in [5.41, 5.74) is 3.87. The van der Waals surface area contributed by atoms with Crippen LogP contribution in [0.15, 0.2) is 91.3 Å². The monoisotopic (exact) mass is 860 g/mol. The van der Waals surface area contributed by atoms with E-state index in [1.54, 1.807) is 22.8 Å². The molecule has 7 N–H and O–H groups in total. The zero-order valence-electron chi connectivity index (χ0n) is 33.0. The highest BCUT2D eigenvalue weighted by Crippen LogP contribution is 2.39. The number of benzene rings is 3. The molecule has 326 valence electrons. The third-order valence-electron chi connectivity index (χ3n) is 10.2. The number of aromatic hydroxyl groups is 1. The molecule has 0 unspecified atom stereocenters. The Labute approximate surface area is 351 Å². The molecule has 2 aliphatic heterocycles. The van der Waals surface area contributed by atoms with E-state index in [2.05, 4.69) is 60.6 Å². The smallest absolute Gasteiger partial charge is 0.490 e. The molecule has 62 heavy (non-hydrogen) atoms. The largest absolute Gasteiger partial charge is 0.508 e. The highest BCUT2D eigenvalue weighted by molar-refractivity contribution is 5.84. The van der Waals surface area contributed by atoms with Gasteiger partial charge in [-0.2, -0.15) is 27.9 Å². The fourth-order valence-corrected chi connectivity index (χ4v) is 7.10. The van der Waals surface area contributed by atoms with Crippen LogP contribution in [0.5, 0.6) is 5.75 Å². The van der Waals surface area contributed by atoms with Gasteiger partial charge in [0.15, 0.2) is 29.3 Å². The second kappa shape index (κ2) is 18.8. The van der Waals surface area contributed by atoms with E-state index in [1.165, 1.54) is 11.1 Å². The van der Waals surface area contributed by atoms with Crippen LogP contribution in [0, 0.1) is 0 Å². The van der Waals surface area contributed by atoms with E-state index in [9.17, 15) is 33.3 Å². The van der Waals surface area contributed by atoms with Crippen molar-refractivity contribution in [2.75, 3.05) is 29.9 Å². The Kier molecular flexibility index (Phi) is 13.1. The number of carboxylic acids is 1. The number of nitrogens with one attached hydrogen (secondary N) is 3. The quantitative estimate of drug-likeness (QED) is 0.0931. The number of carbonyl (C=O) groups excluding carboxylic acids is 1. The van der Waals surface area contributed by atoms with Crippen molar-refractivity contribution in [1.82, 2.24) is 50.4 Å². The molecule has 5 heterocycles. The van der Waals surface area contributed by atoms with E-state index >= 15 is 0 Å². The fourth-order valence-electron chi connectivity index (χ4n) is 7.10. The molecule has 2 fully saturated rings. The Hall–Kier alpha value is -6.91. The highest BCUT2D eigenvalue weighted by Gasteiger charge is 2.47. The van der Waals surface area contributed by atoms with Crippen molar-refractivity contribution in [1.29, 1.82) is 0 Å². The summed E-state index contributed by atoms with van der Waals surface area (Å²) in [5, 5.41) is 61.0. The Balaban J connectivity index is 0.000000762. The summed E-state index contributed by atoms with van der Waals surface area (Å²) in [4.78, 5) is 39.7. The molecule has 3 aromatic heterocycles. The van der Waals surface area contributed by atoms with Crippen LogP contribution < -0.4 is 20.9 Å². The number of alkyl halides is 3. The first-order valence-corrected chi connectivity index (χ1v) is 19.5. The molecule has 6 aromatic rings. The van der Waals surface area contributed by atoms with Crippen LogP contribution in [0.25, 0.3) is 11.2 Å². The van der Waals surface area contributed by atoms with Gasteiger partial charge in [-0.25, -0.2) is 14.6 Å². The molecule has 5 atom stereocenters. The number of aliphatic carboxylic acids is 1. The van der Waals surface area contributed by atoms with Gasteiger partial charge in [-0.15, -0.1) is 10.2 Å². The number of aliphatic hydroxyl groups excluding tert-OH is 2. The van der Waals surface area contributed by atoms with E-state index in [-0.39, 0.29) is 36.1 Å². The van der Waals surface area contributed by atoms with Gasteiger partial charge in [0.05, 0.1) is 12.9 Å². The number of aromatic nitrogens is 8. The SMILES string of the molecule is CCn1nnc([C@H]2O[C@@H](n3cnc4c(NCC(c5ccccc5)c5ccccc5)nc(N5CC[C@@H](NC(=O)NCc6cccc(O)c6)C5)nc43)[C@H](O)[C@@H]2O)n1.O=C(O)C(F)(F)F. The van der Waals surface area contributed by atoms with Crippen molar-refractivity contribution in [3.63, 3.8) is 0 Å². The molecule has 2 aliphatic rings. The number of halogens is 3. The van der Waals surface area contributed by atoms with E-state index in [0.717, 1.165) is 16.7 Å². The number of fused-ring (bicyclic) bond motifs is 1. The van der Waals surface area contributed by atoms with Crippen molar-refractivity contribution in [2.45, 2.75) is 69.1 Å². The minimum Gasteiger partial charge on any atom is -0.508 e. The maximum atomic E-state index is 12.8. The molecule has 0 aliphatic carbocycles. The van der Waals surface area contributed by atoms with Gasteiger partial charge >= 0.3 is 18.2 Å². The van der Waals surface area contributed by atoms with Crippen molar-refractivity contribution in [3.8, 4) is 5.75 Å². The lowest BCUT2D eigenvalue weighted by atomic mass is 9.91. The molecular formula is C40H43F3N12O7. The number of hydrogen-bond donors (Lipinski definition) is 7. The molecule has 2 saturated heterocycles. The third kappa shape index (κ3) is 9.99. The third-order valence-corrected chi connectivity index (χ3v) is 10.2. The van der Waals surface area contributed by atoms with Crippen LogP contribution in [-0.2, 0) is 22.6 Å². The van der Waals surface area contributed by atoms with Crippen LogP contribution in [0.2, 0.25) is 0 Å². The van der Waals surface area contributed by atoms with Crippen LogP contribution in [-0.4, -0.2) is 116 Å². The van der Waals surface area contributed by atoms with Gasteiger partial charge in [-0.3, -0.25) is 4.57 Å². The summed E-state index contributed by atoms with van der Waals surface area (Å²) < 4.78 is 39.5. The lowest BCUT2D eigenvalue weighted by Crippen LogP contribution is -2.43. The number of amides is 2. The number of phenolic OH excluding ortho intramolecular Hbond substituents is 1. The minimum absolute atomic E-state index is 0.0170. The van der Waals surface area contributed by atoms with E-state index in [1.807, 2.05) is 54.3 Å². The molecule has 2 amide bonds. The van der Waals surface area contributed by atoms with Crippen LogP contribution >= 0.6 is 0 Å². The predicted octanol–water partition coefficient (Wildman–Crippen LogP) is 3.49. The first kappa shape index (κ1) is 43.2. The maximum Gasteiger partial charge on any atom is 0.490 e. The van der Waals surface area contributed by atoms with Gasteiger partial charge in [-0.1, -0.05) is 72.8 Å². The van der Waals surface area contributed by atoms with E-state index in [4.69, 9.17) is 24.6 Å². The highest BCUT2D eigenvalue weighted by atomic mass is 19.4. The van der Waals surface area contributed by atoms with Crippen LogP contribution in [0.3, 0.4) is 0 Å². The number of anilines is 2. The molecular weight excluding hydrogens is 818 g/mol. The van der Waals surface area contributed by atoms with Gasteiger partial charge in [0.25, 0.3) is 0 Å². The molecule has 19 nitrogen and oxygen atoms in total. The molecule has 8 rings (SSSR count). The fraction of sp³-hybridized carbons (Fsp3) is 0.350. The zero-order valence-corrected chi connectivity index (χ0v) is 33.0. The second-order valence-electron chi connectivity index (χ2n) is 14.4. The molecule has 0 spiro atoms. The predicted molar refractivity (Wildman–Crippen MR) is 215 cm³/mol. The summed E-state index contributed by atoms with van der Waals surface area (Å²) in [6, 6.07) is 26.7. The van der Waals surface area contributed by atoms with Gasteiger partial charge in [0.1, 0.15) is 18.0 Å². The summed E-state index contributed by atoms with van der Waals surface area (Å²) in [7, 11) is 0. The lowest BCUT2D eigenvalue weighted by molar-refractivity contribution is -0.192. The first-order chi connectivity index (χ1) is 29.8. The number of rotatable bonds is 12. The Morgan fingerprint density at radius 3 is 2.29 bits per heavy atom. The number of urea groups is 1. The number of aliphatic hydroxyl groups is 2. The first-order valence-electron chi connectivity index (χ1n) is 19.5. The van der Waals surface area contributed by atoms with Gasteiger partial charge in [-0.05, 0) is 47.4 Å². The number of ether oxygens (including phenoxy) is 1. The molecule has 3 aromatic carbocycles. The van der Waals surface area contributed by atoms with Crippen molar-refractivity contribution >= 4 is 34.9 Å². The molecule has 22 heteroatoms. The van der Waals surface area contributed by atoms with Crippen LogP contribution in [0.1, 0.15) is 54.1 Å².